The van der Waals surface area contributed by atoms with Crippen LogP contribution in [0.1, 0.15) is 25.1 Å². The van der Waals surface area contributed by atoms with Crippen LogP contribution < -0.4 is 4.90 Å². The number of nitrogens with zero attached hydrogens (tertiary/aromatic N) is 3. The third kappa shape index (κ3) is 4.32. The Bertz CT molecular complexity index is 384. The smallest absolute Gasteiger partial charge is 0.0931 e. The van der Waals surface area contributed by atoms with Gasteiger partial charge in [0.15, 0.2) is 0 Å². The molecule has 0 amide bonds. The predicted octanol–water partition coefficient (Wildman–Crippen LogP) is 1.50. The summed E-state index contributed by atoms with van der Waals surface area (Å²) in [6, 6.07) is 5.83. The number of nitriles is 1. The summed E-state index contributed by atoms with van der Waals surface area (Å²) in [5, 5.41) is 18.0. The molecule has 0 aliphatic carbocycles. The van der Waals surface area contributed by atoms with Crippen molar-refractivity contribution in [1.82, 2.24) is 4.98 Å². The fourth-order valence-corrected chi connectivity index (χ4v) is 1.59. The summed E-state index contributed by atoms with van der Waals surface area (Å²) in [4.78, 5) is 6.25. The molecule has 0 spiro atoms. The van der Waals surface area contributed by atoms with Crippen LogP contribution in [0.3, 0.4) is 0 Å². The first kappa shape index (κ1) is 14.4. The molecule has 1 N–H and O–H groups in total. The van der Waals surface area contributed by atoms with E-state index in [9.17, 15) is 5.11 Å². The van der Waals surface area contributed by atoms with Crippen molar-refractivity contribution in [2.75, 3.05) is 31.7 Å². The van der Waals surface area contributed by atoms with Crippen LogP contribution >= 0.6 is 0 Å². The molecule has 98 valence electrons. The predicted molar refractivity (Wildman–Crippen MR) is 69.2 cm³/mol. The average Bonchev–Trinajstić information content (AvgIpc) is 2.39. The van der Waals surface area contributed by atoms with E-state index >= 15 is 0 Å². The van der Waals surface area contributed by atoms with E-state index in [2.05, 4.69) is 11.1 Å². The van der Waals surface area contributed by atoms with Crippen LogP contribution in [0.5, 0.6) is 0 Å². The van der Waals surface area contributed by atoms with Gasteiger partial charge in [0, 0.05) is 20.2 Å². The second-order valence-electron chi connectivity index (χ2n) is 4.01. The zero-order chi connectivity index (χ0) is 13.4. The molecule has 5 heteroatoms. The Kier molecular flexibility index (Phi) is 6.12. The van der Waals surface area contributed by atoms with Crippen molar-refractivity contribution >= 4 is 5.69 Å². The van der Waals surface area contributed by atoms with E-state index in [0.717, 1.165) is 5.69 Å². The molecule has 0 saturated carbocycles. The van der Waals surface area contributed by atoms with Crippen molar-refractivity contribution in [2.45, 2.75) is 19.4 Å². The molecule has 0 fully saturated rings. The SMILES string of the molecule is COCCN(CCC#N)c1ccc([C@@H](C)O)nc1. The van der Waals surface area contributed by atoms with Gasteiger partial charge in [-0.15, -0.1) is 0 Å². The van der Waals surface area contributed by atoms with Crippen molar-refractivity contribution in [1.29, 1.82) is 5.26 Å². The molecule has 1 heterocycles. The van der Waals surface area contributed by atoms with Gasteiger partial charge < -0.3 is 14.7 Å². The summed E-state index contributed by atoms with van der Waals surface area (Å²) in [5.41, 5.74) is 1.58. The van der Waals surface area contributed by atoms with E-state index in [-0.39, 0.29) is 0 Å². The molecular weight excluding hydrogens is 230 g/mol. The minimum Gasteiger partial charge on any atom is -0.387 e. The summed E-state index contributed by atoms with van der Waals surface area (Å²) in [6.45, 7) is 3.65. The zero-order valence-corrected chi connectivity index (χ0v) is 10.8. The van der Waals surface area contributed by atoms with Crippen LogP contribution in [0.4, 0.5) is 5.69 Å². The van der Waals surface area contributed by atoms with Gasteiger partial charge in [0.05, 0.1) is 42.8 Å². The largest absolute Gasteiger partial charge is 0.387 e. The molecule has 18 heavy (non-hydrogen) atoms. The number of methoxy groups -OCH3 is 1. The fraction of sp³-hybridized carbons (Fsp3) is 0.538. The molecule has 1 rings (SSSR count). The van der Waals surface area contributed by atoms with Gasteiger partial charge in [-0.3, -0.25) is 4.98 Å². The number of hydrogen-bond donors (Lipinski definition) is 1. The van der Waals surface area contributed by atoms with Crippen LogP contribution in [-0.4, -0.2) is 36.9 Å². The molecule has 0 unspecified atom stereocenters. The molecule has 0 bridgehead atoms. The first-order valence-electron chi connectivity index (χ1n) is 5.94. The maximum atomic E-state index is 9.40. The highest BCUT2D eigenvalue weighted by Gasteiger charge is 2.08. The second-order valence-corrected chi connectivity index (χ2v) is 4.01. The highest BCUT2D eigenvalue weighted by Crippen LogP contribution is 2.16. The first-order valence-corrected chi connectivity index (χ1v) is 5.94. The van der Waals surface area contributed by atoms with E-state index in [4.69, 9.17) is 10.00 Å². The van der Waals surface area contributed by atoms with Crippen molar-refractivity contribution in [3.63, 3.8) is 0 Å². The molecule has 1 atom stereocenters. The molecule has 1 aromatic rings. The van der Waals surface area contributed by atoms with Crippen LogP contribution in [0.25, 0.3) is 0 Å². The fourth-order valence-electron chi connectivity index (χ4n) is 1.59. The summed E-state index contributed by atoms with van der Waals surface area (Å²) in [5.74, 6) is 0. The quantitative estimate of drug-likeness (QED) is 0.793. The van der Waals surface area contributed by atoms with Crippen LogP contribution in [0.2, 0.25) is 0 Å². The number of ether oxygens (including phenoxy) is 1. The number of aliphatic hydroxyl groups is 1. The van der Waals surface area contributed by atoms with Gasteiger partial charge in [-0.1, -0.05) is 0 Å². The Balaban J connectivity index is 2.74. The Labute approximate surface area is 108 Å². The minimum atomic E-state index is -0.564. The lowest BCUT2D eigenvalue weighted by Gasteiger charge is -2.23. The lowest BCUT2D eigenvalue weighted by atomic mass is 10.2. The molecule has 5 nitrogen and oxygen atoms in total. The normalized spacial score (nSPS) is 11.9. The van der Waals surface area contributed by atoms with Crippen molar-refractivity contribution in [3.8, 4) is 6.07 Å². The van der Waals surface area contributed by atoms with E-state index in [0.29, 0.717) is 31.8 Å². The number of pyridine rings is 1. The van der Waals surface area contributed by atoms with E-state index in [1.807, 2.05) is 11.0 Å². The van der Waals surface area contributed by atoms with Gasteiger partial charge in [-0.25, -0.2) is 0 Å². The molecule has 0 saturated heterocycles. The summed E-state index contributed by atoms with van der Waals surface area (Å²) in [6.07, 6.45) is 1.61. The van der Waals surface area contributed by atoms with Gasteiger partial charge >= 0.3 is 0 Å². The Morgan fingerprint density at radius 1 is 1.50 bits per heavy atom. The lowest BCUT2D eigenvalue weighted by Crippen LogP contribution is -2.28. The Morgan fingerprint density at radius 2 is 2.28 bits per heavy atom. The average molecular weight is 249 g/mol. The molecule has 0 aliphatic heterocycles. The highest BCUT2D eigenvalue weighted by molar-refractivity contribution is 5.44. The van der Waals surface area contributed by atoms with Crippen molar-refractivity contribution in [3.05, 3.63) is 24.0 Å². The number of rotatable bonds is 7. The maximum absolute atomic E-state index is 9.40. The van der Waals surface area contributed by atoms with Gasteiger partial charge in [0.25, 0.3) is 0 Å². The molecule has 0 aliphatic rings. The highest BCUT2D eigenvalue weighted by atomic mass is 16.5. The van der Waals surface area contributed by atoms with E-state index in [1.54, 1.807) is 26.3 Å². The Hall–Kier alpha value is -1.64. The van der Waals surface area contributed by atoms with Crippen LogP contribution in [0.15, 0.2) is 18.3 Å². The number of anilines is 1. The maximum Gasteiger partial charge on any atom is 0.0931 e. The standard InChI is InChI=1S/C13H19N3O2/c1-11(17)13-5-4-12(10-15-13)16(7-3-6-14)8-9-18-2/h4-5,10-11,17H,3,7-9H2,1-2H3/t11-/m1/s1. The zero-order valence-electron chi connectivity index (χ0n) is 10.8. The monoisotopic (exact) mass is 249 g/mol. The molecule has 0 radical (unpaired) electrons. The molecule has 1 aromatic heterocycles. The van der Waals surface area contributed by atoms with Crippen LogP contribution in [-0.2, 0) is 4.74 Å². The van der Waals surface area contributed by atoms with Gasteiger partial charge in [0.2, 0.25) is 0 Å². The second kappa shape index (κ2) is 7.64. The first-order chi connectivity index (χ1) is 8.69. The summed E-state index contributed by atoms with van der Waals surface area (Å²) < 4.78 is 5.05. The van der Waals surface area contributed by atoms with Crippen molar-refractivity contribution in [2.24, 2.45) is 0 Å². The van der Waals surface area contributed by atoms with Gasteiger partial charge in [-0.2, -0.15) is 5.26 Å². The van der Waals surface area contributed by atoms with Crippen molar-refractivity contribution < 1.29 is 9.84 Å². The molecular formula is C13H19N3O2. The topological polar surface area (TPSA) is 69.4 Å². The van der Waals surface area contributed by atoms with Gasteiger partial charge in [0.1, 0.15) is 0 Å². The number of hydrogen-bond acceptors (Lipinski definition) is 5. The van der Waals surface area contributed by atoms with Crippen LogP contribution in [0, 0.1) is 11.3 Å². The summed E-state index contributed by atoms with van der Waals surface area (Å²) >= 11 is 0. The number of aromatic nitrogens is 1. The van der Waals surface area contributed by atoms with E-state index in [1.165, 1.54) is 0 Å². The summed E-state index contributed by atoms with van der Waals surface area (Å²) in [7, 11) is 1.65. The number of aliphatic hydroxyl groups excluding tert-OH is 1. The van der Waals surface area contributed by atoms with E-state index < -0.39 is 6.10 Å². The third-order valence-corrected chi connectivity index (χ3v) is 2.62. The Morgan fingerprint density at radius 3 is 2.78 bits per heavy atom. The minimum absolute atomic E-state index is 0.460. The third-order valence-electron chi connectivity index (χ3n) is 2.62. The molecule has 0 aromatic carbocycles. The lowest BCUT2D eigenvalue weighted by molar-refractivity contribution is 0.194. The van der Waals surface area contributed by atoms with Gasteiger partial charge in [-0.05, 0) is 19.1 Å².